The van der Waals surface area contributed by atoms with Crippen LogP contribution in [0.25, 0.3) is 0 Å². The summed E-state index contributed by atoms with van der Waals surface area (Å²) in [5.41, 5.74) is 1.30. The number of carbonyl (C=O) groups excluding carboxylic acids is 2. The molecule has 3 N–H and O–H groups in total. The molecular formula is C24H31N5O5. The number of hydrogen-bond donors (Lipinski definition) is 2. The molecule has 2 aromatic rings. The van der Waals surface area contributed by atoms with Crippen molar-refractivity contribution in [2.75, 3.05) is 34.4 Å². The van der Waals surface area contributed by atoms with E-state index < -0.39 is 6.35 Å². The molecule has 3 rings (SSSR count). The number of amides is 2. The van der Waals surface area contributed by atoms with Gasteiger partial charge in [0, 0.05) is 33.3 Å². The fraction of sp³-hybridized carbons (Fsp3) is 0.333. The Bertz CT molecular complexity index is 1000. The number of nitrogens with two attached hydrogens (primary N) is 1. The zero-order valence-corrected chi connectivity index (χ0v) is 19.6. The highest BCUT2D eigenvalue weighted by molar-refractivity contribution is 5.94. The van der Waals surface area contributed by atoms with Crippen LogP contribution in [-0.2, 0) is 21.0 Å². The maximum Gasteiger partial charge on any atom is 0.273 e. The lowest BCUT2D eigenvalue weighted by Crippen LogP contribution is -2.44. The van der Waals surface area contributed by atoms with E-state index in [-0.39, 0.29) is 5.91 Å². The molecule has 0 bridgehead atoms. The summed E-state index contributed by atoms with van der Waals surface area (Å²) in [5, 5.41) is 3.20. The van der Waals surface area contributed by atoms with Gasteiger partial charge in [0.15, 0.2) is 0 Å². The van der Waals surface area contributed by atoms with Crippen molar-refractivity contribution in [2.45, 2.75) is 19.3 Å². The van der Waals surface area contributed by atoms with E-state index >= 15 is 0 Å². The molecule has 1 aliphatic rings. The molecule has 0 saturated heterocycles. The molecule has 182 valence electrons. The molecule has 0 saturated carbocycles. The highest BCUT2D eigenvalue weighted by Crippen LogP contribution is 2.29. The van der Waals surface area contributed by atoms with Crippen molar-refractivity contribution in [2.24, 2.45) is 5.90 Å². The van der Waals surface area contributed by atoms with Gasteiger partial charge in [-0.25, -0.2) is 5.90 Å². The summed E-state index contributed by atoms with van der Waals surface area (Å²) in [7, 11) is 4.86. The normalized spacial score (nSPS) is 15.1. The van der Waals surface area contributed by atoms with E-state index in [2.05, 4.69) is 10.2 Å². The molecule has 1 heterocycles. The lowest BCUT2D eigenvalue weighted by molar-refractivity contribution is -0.128. The summed E-state index contributed by atoms with van der Waals surface area (Å²) in [6.07, 6.45) is 0.470. The number of nitrogens with one attached hydrogen (secondary N) is 1. The second kappa shape index (κ2) is 11.9. The van der Waals surface area contributed by atoms with E-state index in [1.54, 1.807) is 38.2 Å². The average molecular weight is 470 g/mol. The molecule has 34 heavy (non-hydrogen) atoms. The van der Waals surface area contributed by atoms with Crippen LogP contribution in [0, 0.1) is 0 Å². The van der Waals surface area contributed by atoms with Gasteiger partial charge in [-0.2, -0.15) is 0 Å². The van der Waals surface area contributed by atoms with Gasteiger partial charge in [-0.15, -0.1) is 0 Å². The van der Waals surface area contributed by atoms with Crippen molar-refractivity contribution in [3.8, 4) is 11.5 Å². The highest BCUT2D eigenvalue weighted by atomic mass is 16.6. The van der Waals surface area contributed by atoms with E-state index in [0.717, 1.165) is 5.56 Å². The second-order valence-electron chi connectivity index (χ2n) is 7.77. The first-order chi connectivity index (χ1) is 16.5. The van der Waals surface area contributed by atoms with Gasteiger partial charge in [0.1, 0.15) is 23.0 Å². The smallest absolute Gasteiger partial charge is 0.273 e. The molecule has 2 aromatic carbocycles. The second-order valence-corrected chi connectivity index (χ2v) is 7.77. The summed E-state index contributed by atoms with van der Waals surface area (Å²) in [6.45, 7) is 1.13. The minimum absolute atomic E-state index is 0.263. The number of benzene rings is 2. The fourth-order valence-electron chi connectivity index (χ4n) is 3.57. The Labute approximate surface area is 199 Å². The number of rotatable bonds is 12. The third-order valence-electron chi connectivity index (χ3n) is 5.36. The van der Waals surface area contributed by atoms with Gasteiger partial charge >= 0.3 is 0 Å². The number of ether oxygens (including phenoxy) is 2. The predicted octanol–water partition coefficient (Wildman–Crippen LogP) is 1.46. The molecule has 10 nitrogen and oxygen atoms in total. The van der Waals surface area contributed by atoms with Crippen molar-refractivity contribution < 1.29 is 23.9 Å². The molecule has 0 fully saturated rings. The van der Waals surface area contributed by atoms with Gasteiger partial charge in [-0.3, -0.25) is 9.59 Å². The maximum absolute atomic E-state index is 13.6. The molecule has 1 atom stereocenters. The van der Waals surface area contributed by atoms with Crippen molar-refractivity contribution in [1.82, 2.24) is 20.0 Å². The third kappa shape index (κ3) is 5.97. The van der Waals surface area contributed by atoms with Gasteiger partial charge in [0.25, 0.3) is 12.3 Å². The molecule has 0 aromatic heterocycles. The Morgan fingerprint density at radius 1 is 1.15 bits per heavy atom. The van der Waals surface area contributed by atoms with Crippen LogP contribution in [0.1, 0.15) is 12.0 Å². The van der Waals surface area contributed by atoms with Crippen molar-refractivity contribution in [3.05, 3.63) is 71.7 Å². The molecule has 0 aliphatic carbocycles. The first kappa shape index (κ1) is 24.9. The monoisotopic (exact) mass is 469 g/mol. The summed E-state index contributed by atoms with van der Waals surface area (Å²) < 4.78 is 11.5. The number of nitrogens with zero attached hydrogens (tertiary/aromatic N) is 3. The lowest BCUT2D eigenvalue weighted by atomic mass is 10.2. The van der Waals surface area contributed by atoms with Gasteiger partial charge in [0.05, 0.1) is 13.7 Å². The summed E-state index contributed by atoms with van der Waals surface area (Å²) in [6, 6.07) is 16.9. The zero-order valence-electron chi connectivity index (χ0n) is 19.6. The maximum atomic E-state index is 13.6. The van der Waals surface area contributed by atoms with Crippen LogP contribution in [0.4, 0.5) is 0 Å². The quantitative estimate of drug-likeness (QED) is 0.273. The van der Waals surface area contributed by atoms with Crippen molar-refractivity contribution in [3.63, 3.8) is 0 Å². The van der Waals surface area contributed by atoms with Gasteiger partial charge in [-0.1, -0.05) is 36.4 Å². The van der Waals surface area contributed by atoms with Gasteiger partial charge in [-0.05, 0) is 24.1 Å². The van der Waals surface area contributed by atoms with E-state index in [0.29, 0.717) is 55.5 Å². The van der Waals surface area contributed by atoms with E-state index in [1.165, 1.54) is 4.90 Å². The summed E-state index contributed by atoms with van der Waals surface area (Å²) in [4.78, 5) is 34.6. The summed E-state index contributed by atoms with van der Waals surface area (Å²) >= 11 is 0. The van der Waals surface area contributed by atoms with E-state index in [1.807, 2.05) is 47.4 Å². The first-order valence-corrected chi connectivity index (χ1v) is 10.9. The topological polar surface area (TPSA) is 110 Å². The van der Waals surface area contributed by atoms with Crippen LogP contribution in [0.15, 0.2) is 66.1 Å². The van der Waals surface area contributed by atoms with Crippen LogP contribution < -0.4 is 20.7 Å². The van der Waals surface area contributed by atoms with Crippen LogP contribution in [0.5, 0.6) is 11.5 Å². The molecule has 1 unspecified atom stereocenters. The van der Waals surface area contributed by atoms with Crippen LogP contribution in [0.2, 0.25) is 0 Å². The molecular weight excluding hydrogens is 438 g/mol. The Hall–Kier alpha value is -3.76. The number of hydrogen-bond acceptors (Lipinski definition) is 8. The Kier molecular flexibility index (Phi) is 8.72. The van der Waals surface area contributed by atoms with Crippen LogP contribution in [0.3, 0.4) is 0 Å². The fourth-order valence-corrected chi connectivity index (χ4v) is 3.57. The van der Waals surface area contributed by atoms with Crippen LogP contribution in [-0.4, -0.2) is 67.7 Å². The highest BCUT2D eigenvalue weighted by Gasteiger charge is 2.39. The number of methoxy groups -OCH3 is 1. The van der Waals surface area contributed by atoms with E-state index in [4.69, 9.17) is 15.4 Å². The standard InChI is InChI=1S/C24H31N5O5/c1-27(13-8-14-33-25)23(31)21-22(28(2)17-30)26-24(29(21)16-18-9-5-4-6-10-18)34-20-12-7-11-19(15-20)32-3/h4-7,9-12,15,17,24,26H,8,13-14,16,25H2,1-3H3. The Morgan fingerprint density at radius 2 is 1.88 bits per heavy atom. The molecule has 0 spiro atoms. The lowest BCUT2D eigenvalue weighted by Gasteiger charge is -2.30. The largest absolute Gasteiger partial charge is 0.497 e. The number of likely N-dealkylation sites (N-methyl/N-ethyl adjacent to an activating group) is 1. The minimum Gasteiger partial charge on any atom is -0.497 e. The van der Waals surface area contributed by atoms with Gasteiger partial charge in [0.2, 0.25) is 6.41 Å². The first-order valence-electron chi connectivity index (χ1n) is 10.9. The molecule has 10 heteroatoms. The summed E-state index contributed by atoms with van der Waals surface area (Å²) in [5.74, 6) is 6.39. The Balaban J connectivity index is 1.96. The molecule has 0 radical (unpaired) electrons. The average Bonchev–Trinajstić information content (AvgIpc) is 3.21. The zero-order chi connectivity index (χ0) is 24.5. The molecule has 1 aliphatic heterocycles. The molecule has 2 amide bonds. The minimum atomic E-state index is -0.746. The predicted molar refractivity (Wildman–Crippen MR) is 126 cm³/mol. The van der Waals surface area contributed by atoms with Crippen molar-refractivity contribution >= 4 is 12.3 Å². The van der Waals surface area contributed by atoms with Crippen LogP contribution >= 0.6 is 0 Å². The van der Waals surface area contributed by atoms with Gasteiger partial charge < -0.3 is 34.3 Å². The number of carbonyl (C=O) groups is 2. The third-order valence-corrected chi connectivity index (χ3v) is 5.36. The van der Waals surface area contributed by atoms with Crippen molar-refractivity contribution in [1.29, 1.82) is 0 Å². The Morgan fingerprint density at radius 3 is 2.56 bits per heavy atom. The van der Waals surface area contributed by atoms with E-state index in [9.17, 15) is 9.59 Å². The SMILES string of the molecule is COc1cccc(OC2NC(N(C)C=O)=C(C(=O)N(C)CCCON)N2Cc2ccccc2)c1.